The van der Waals surface area contributed by atoms with Crippen LogP contribution in [0.25, 0.3) is 11.3 Å². The van der Waals surface area contributed by atoms with Crippen molar-refractivity contribution < 1.29 is 17.6 Å². The van der Waals surface area contributed by atoms with Gasteiger partial charge in [0.15, 0.2) is 0 Å². The Morgan fingerprint density at radius 2 is 1.94 bits per heavy atom. The van der Waals surface area contributed by atoms with E-state index in [1.807, 2.05) is 12.1 Å². The SMILES string of the molecule is C#CCNS(=O)(=O)c1cccc(C(=O)N(C)CCCCCc2cc(-c3cccc(F)c3)n[nH]2)c1. The topological polar surface area (TPSA) is 95.2 Å². The number of aromatic amines is 1. The maximum absolute atomic E-state index is 13.4. The van der Waals surface area contributed by atoms with Crippen molar-refractivity contribution in [3.8, 4) is 23.6 Å². The summed E-state index contributed by atoms with van der Waals surface area (Å²) in [5.74, 6) is 1.67. The average molecular weight is 483 g/mol. The summed E-state index contributed by atoms with van der Waals surface area (Å²) in [7, 11) is -2.07. The van der Waals surface area contributed by atoms with Crippen LogP contribution in [0.5, 0.6) is 0 Å². The molecule has 0 atom stereocenters. The molecule has 3 aromatic rings. The van der Waals surface area contributed by atoms with Gasteiger partial charge in [-0.3, -0.25) is 9.89 Å². The van der Waals surface area contributed by atoms with E-state index in [1.54, 1.807) is 24.1 Å². The molecule has 3 rings (SSSR count). The summed E-state index contributed by atoms with van der Waals surface area (Å²) in [6.07, 6.45) is 8.51. The Balaban J connectivity index is 1.46. The summed E-state index contributed by atoms with van der Waals surface area (Å²) in [5, 5.41) is 7.24. The average Bonchev–Trinajstić information content (AvgIpc) is 3.31. The van der Waals surface area contributed by atoms with Crippen LogP contribution in [0.2, 0.25) is 0 Å². The van der Waals surface area contributed by atoms with Crippen LogP contribution in [-0.4, -0.2) is 49.6 Å². The second-order valence-electron chi connectivity index (χ2n) is 7.88. The number of carbonyl (C=O) groups excluding carboxylic acids is 1. The van der Waals surface area contributed by atoms with Crippen LogP contribution in [-0.2, 0) is 16.4 Å². The van der Waals surface area contributed by atoms with Crippen LogP contribution >= 0.6 is 0 Å². The number of amides is 1. The number of rotatable bonds is 11. The first kappa shape index (κ1) is 25.1. The highest BCUT2D eigenvalue weighted by Crippen LogP contribution is 2.19. The van der Waals surface area contributed by atoms with Gasteiger partial charge in [0.25, 0.3) is 5.91 Å². The van der Waals surface area contributed by atoms with Crippen LogP contribution < -0.4 is 4.72 Å². The molecule has 2 N–H and O–H groups in total. The van der Waals surface area contributed by atoms with Gasteiger partial charge in [0.2, 0.25) is 10.0 Å². The molecule has 0 saturated heterocycles. The van der Waals surface area contributed by atoms with Gasteiger partial charge in [0.05, 0.1) is 17.1 Å². The number of H-pyrrole nitrogens is 1. The third-order valence-corrected chi connectivity index (χ3v) is 6.69. The largest absolute Gasteiger partial charge is 0.342 e. The van der Waals surface area contributed by atoms with E-state index in [9.17, 15) is 17.6 Å². The van der Waals surface area contributed by atoms with Crippen LogP contribution in [0.4, 0.5) is 4.39 Å². The maximum Gasteiger partial charge on any atom is 0.253 e. The Kier molecular flexibility index (Phi) is 8.57. The van der Waals surface area contributed by atoms with Crippen molar-refractivity contribution in [2.45, 2.75) is 30.6 Å². The van der Waals surface area contributed by atoms with Crippen molar-refractivity contribution in [3.05, 3.63) is 71.7 Å². The number of sulfonamides is 1. The lowest BCUT2D eigenvalue weighted by atomic mass is 10.1. The predicted octanol–water partition coefficient (Wildman–Crippen LogP) is 3.61. The standard InChI is InChI=1S/C25H27FN4O3S/c1-3-14-27-34(32,33)23-13-8-10-20(17-23)25(31)30(2)15-6-4-5-12-22-18-24(29-28-22)19-9-7-11-21(26)16-19/h1,7-11,13,16-18,27H,4-6,12,14-15H2,2H3,(H,28,29). The maximum atomic E-state index is 13.4. The fraction of sp³-hybridized carbons (Fsp3) is 0.280. The highest BCUT2D eigenvalue weighted by Gasteiger charge is 2.17. The van der Waals surface area contributed by atoms with Gasteiger partial charge in [-0.2, -0.15) is 9.82 Å². The molecule has 1 amide bonds. The van der Waals surface area contributed by atoms with Crippen molar-refractivity contribution in [2.24, 2.45) is 0 Å². The fourth-order valence-electron chi connectivity index (χ4n) is 3.46. The number of hydrogen-bond acceptors (Lipinski definition) is 4. The van der Waals surface area contributed by atoms with Crippen molar-refractivity contribution in [1.29, 1.82) is 0 Å². The van der Waals surface area contributed by atoms with Gasteiger partial charge in [0, 0.05) is 30.4 Å². The molecule has 0 aliphatic carbocycles. The summed E-state index contributed by atoms with van der Waals surface area (Å²) in [4.78, 5) is 14.3. The molecule has 0 aliphatic rings. The molecule has 0 fully saturated rings. The van der Waals surface area contributed by atoms with Gasteiger partial charge >= 0.3 is 0 Å². The second kappa shape index (κ2) is 11.6. The van der Waals surface area contributed by atoms with Crippen molar-refractivity contribution >= 4 is 15.9 Å². The van der Waals surface area contributed by atoms with Gasteiger partial charge < -0.3 is 4.90 Å². The Bertz CT molecular complexity index is 1280. The van der Waals surface area contributed by atoms with E-state index in [0.29, 0.717) is 17.8 Å². The Morgan fingerprint density at radius 3 is 2.71 bits per heavy atom. The smallest absolute Gasteiger partial charge is 0.253 e. The number of unbranched alkanes of at least 4 members (excludes halogenated alkanes) is 2. The number of aromatic nitrogens is 2. The first-order valence-corrected chi connectivity index (χ1v) is 12.4. The lowest BCUT2D eigenvalue weighted by Gasteiger charge is -2.17. The van der Waals surface area contributed by atoms with E-state index in [2.05, 4.69) is 20.8 Å². The molecule has 0 spiro atoms. The predicted molar refractivity (Wildman–Crippen MR) is 129 cm³/mol. The molecular weight excluding hydrogens is 455 g/mol. The number of halogens is 1. The Morgan fingerprint density at radius 1 is 1.15 bits per heavy atom. The molecule has 0 aliphatic heterocycles. The number of nitrogens with zero attached hydrogens (tertiary/aromatic N) is 2. The van der Waals surface area contributed by atoms with Crippen molar-refractivity contribution in [3.63, 3.8) is 0 Å². The van der Waals surface area contributed by atoms with Gasteiger partial charge in [-0.25, -0.2) is 12.8 Å². The van der Waals surface area contributed by atoms with Crippen molar-refractivity contribution in [2.75, 3.05) is 20.1 Å². The molecule has 7 nitrogen and oxygen atoms in total. The molecule has 2 aromatic carbocycles. The zero-order valence-electron chi connectivity index (χ0n) is 18.9. The van der Waals surface area contributed by atoms with Gasteiger partial charge in [-0.1, -0.05) is 30.5 Å². The molecule has 1 aromatic heterocycles. The van der Waals surface area contributed by atoms with Crippen LogP contribution in [0.3, 0.4) is 0 Å². The number of hydrogen-bond donors (Lipinski definition) is 2. The van der Waals surface area contributed by atoms with Crippen LogP contribution in [0.15, 0.2) is 59.5 Å². The van der Waals surface area contributed by atoms with E-state index < -0.39 is 10.0 Å². The quantitative estimate of drug-likeness (QED) is 0.322. The lowest BCUT2D eigenvalue weighted by Crippen LogP contribution is -2.28. The lowest BCUT2D eigenvalue weighted by molar-refractivity contribution is 0.0792. The Labute approximate surface area is 199 Å². The summed E-state index contributed by atoms with van der Waals surface area (Å²) < 4.78 is 40.2. The number of nitrogens with one attached hydrogen (secondary N) is 2. The minimum Gasteiger partial charge on any atom is -0.342 e. The molecule has 0 saturated carbocycles. The van der Waals surface area contributed by atoms with Gasteiger partial charge in [-0.05, 0) is 55.7 Å². The minimum atomic E-state index is -3.76. The molecule has 9 heteroatoms. The Hall–Kier alpha value is -3.48. The first-order chi connectivity index (χ1) is 16.3. The zero-order valence-corrected chi connectivity index (χ0v) is 19.7. The van der Waals surface area contributed by atoms with Gasteiger partial charge in [0.1, 0.15) is 5.82 Å². The minimum absolute atomic E-state index is 0.000771. The second-order valence-corrected chi connectivity index (χ2v) is 9.65. The number of terminal acetylenes is 1. The van der Waals surface area contributed by atoms with E-state index in [-0.39, 0.29) is 23.2 Å². The number of benzene rings is 2. The number of aryl methyl sites for hydroxylation is 1. The van der Waals surface area contributed by atoms with Crippen molar-refractivity contribution in [1.82, 2.24) is 19.8 Å². The fourth-order valence-corrected chi connectivity index (χ4v) is 4.44. The van der Waals surface area contributed by atoms with E-state index >= 15 is 0 Å². The first-order valence-electron chi connectivity index (χ1n) is 10.9. The third-order valence-electron chi connectivity index (χ3n) is 5.29. The molecule has 178 valence electrons. The zero-order chi connectivity index (χ0) is 24.6. The van der Waals surface area contributed by atoms with E-state index in [1.165, 1.54) is 30.3 Å². The monoisotopic (exact) mass is 482 g/mol. The number of carbonyl (C=O) groups is 1. The molecule has 34 heavy (non-hydrogen) atoms. The van der Waals surface area contributed by atoms with E-state index in [0.717, 1.165) is 36.9 Å². The molecule has 0 radical (unpaired) electrons. The molecule has 1 heterocycles. The van der Waals surface area contributed by atoms with E-state index in [4.69, 9.17) is 6.42 Å². The summed E-state index contributed by atoms with van der Waals surface area (Å²) >= 11 is 0. The van der Waals surface area contributed by atoms with Crippen LogP contribution in [0.1, 0.15) is 35.3 Å². The summed E-state index contributed by atoms with van der Waals surface area (Å²) in [5.41, 5.74) is 2.71. The van der Waals surface area contributed by atoms with Crippen LogP contribution in [0, 0.1) is 18.2 Å². The summed E-state index contributed by atoms with van der Waals surface area (Å²) in [6, 6.07) is 14.1. The summed E-state index contributed by atoms with van der Waals surface area (Å²) in [6.45, 7) is 0.424. The normalized spacial score (nSPS) is 11.2. The molecule has 0 unspecified atom stereocenters. The molecular formula is C25H27FN4O3S. The third kappa shape index (κ3) is 6.76. The highest BCUT2D eigenvalue weighted by atomic mass is 32.2. The highest BCUT2D eigenvalue weighted by molar-refractivity contribution is 7.89. The van der Waals surface area contributed by atoms with Gasteiger partial charge in [-0.15, -0.1) is 6.42 Å². The molecule has 0 bridgehead atoms.